The first-order valence-corrected chi connectivity index (χ1v) is 5.93. The summed E-state index contributed by atoms with van der Waals surface area (Å²) < 4.78 is 5.45. The highest BCUT2D eigenvalue weighted by Gasteiger charge is 2.01. The van der Waals surface area contributed by atoms with Gasteiger partial charge in [0, 0.05) is 0 Å². The van der Waals surface area contributed by atoms with Crippen molar-refractivity contribution in [3.63, 3.8) is 0 Å². The van der Waals surface area contributed by atoms with Crippen molar-refractivity contribution in [2.24, 2.45) is 10.8 Å². The van der Waals surface area contributed by atoms with Crippen molar-refractivity contribution in [2.75, 3.05) is 6.61 Å². The quantitative estimate of drug-likeness (QED) is 0.490. The van der Waals surface area contributed by atoms with Gasteiger partial charge in [0.25, 0.3) is 0 Å². The third-order valence-electron chi connectivity index (χ3n) is 1.81. The average Bonchev–Trinajstić information content (AvgIpc) is 2.27. The Hall–Kier alpha value is -1.33. The Morgan fingerprint density at radius 3 is 3.00 bits per heavy atom. The second-order valence-corrected chi connectivity index (χ2v) is 4.12. The monoisotopic (exact) mass is 271 g/mol. The summed E-state index contributed by atoms with van der Waals surface area (Å²) in [6.45, 7) is 2.69. The van der Waals surface area contributed by atoms with Crippen molar-refractivity contribution in [3.05, 3.63) is 28.8 Å². The van der Waals surface area contributed by atoms with Gasteiger partial charge in [-0.1, -0.05) is 18.5 Å². The van der Waals surface area contributed by atoms with E-state index in [2.05, 4.69) is 22.7 Å². The lowest BCUT2D eigenvalue weighted by atomic mass is 10.2. The third-order valence-corrected chi connectivity index (χ3v) is 2.19. The molecule has 6 heteroatoms. The Labute approximate surface area is 111 Å². The van der Waals surface area contributed by atoms with Crippen LogP contribution < -0.4 is 15.9 Å². The van der Waals surface area contributed by atoms with Gasteiger partial charge < -0.3 is 10.5 Å². The van der Waals surface area contributed by atoms with E-state index >= 15 is 0 Å². The number of nitrogens with one attached hydrogen (secondary N) is 1. The number of rotatable bonds is 5. The number of thiocarbonyl (C=S) groups is 1. The second kappa shape index (κ2) is 7.09. The summed E-state index contributed by atoms with van der Waals surface area (Å²) in [4.78, 5) is 0. The molecule has 0 aliphatic heterocycles. The number of halogens is 1. The van der Waals surface area contributed by atoms with E-state index in [1.807, 2.05) is 13.0 Å². The Balaban J connectivity index is 2.68. The van der Waals surface area contributed by atoms with E-state index < -0.39 is 0 Å². The maximum absolute atomic E-state index is 6.05. The molecular formula is C11H14ClN3OS. The van der Waals surface area contributed by atoms with Crippen molar-refractivity contribution in [2.45, 2.75) is 13.3 Å². The summed E-state index contributed by atoms with van der Waals surface area (Å²) in [6, 6.07) is 5.42. The Kier molecular flexibility index (Phi) is 5.72. The van der Waals surface area contributed by atoms with Crippen LogP contribution in [-0.4, -0.2) is 17.9 Å². The summed E-state index contributed by atoms with van der Waals surface area (Å²) in [5.74, 6) is 0.674. The lowest BCUT2D eigenvalue weighted by Gasteiger charge is -2.06. The van der Waals surface area contributed by atoms with Crippen LogP contribution in [0.1, 0.15) is 18.9 Å². The van der Waals surface area contributed by atoms with E-state index in [1.165, 1.54) is 0 Å². The second-order valence-electron chi connectivity index (χ2n) is 3.27. The molecule has 0 saturated carbocycles. The molecule has 0 bridgehead atoms. The van der Waals surface area contributed by atoms with Gasteiger partial charge in [0.15, 0.2) is 5.11 Å². The molecule has 1 rings (SSSR count). The summed E-state index contributed by atoms with van der Waals surface area (Å²) in [5, 5.41) is 4.51. The normalized spacial score (nSPS) is 10.5. The summed E-state index contributed by atoms with van der Waals surface area (Å²) in [6.07, 6.45) is 2.52. The van der Waals surface area contributed by atoms with E-state index in [0.29, 0.717) is 17.4 Å². The molecule has 1 aromatic carbocycles. The van der Waals surface area contributed by atoms with Gasteiger partial charge in [0.1, 0.15) is 5.75 Å². The molecular weight excluding hydrogens is 258 g/mol. The standard InChI is InChI=1S/C11H14ClN3OS/c1-2-5-16-10-4-3-8(6-9(10)12)7-14-15-11(13)17/h3-4,6-7H,2,5H2,1H3,(H3,13,15,17). The number of nitrogens with zero attached hydrogens (tertiary/aromatic N) is 1. The number of hydrogen-bond acceptors (Lipinski definition) is 3. The van der Waals surface area contributed by atoms with Gasteiger partial charge in [-0.3, -0.25) is 5.43 Å². The zero-order valence-corrected chi connectivity index (χ0v) is 11.0. The smallest absolute Gasteiger partial charge is 0.184 e. The number of benzene rings is 1. The van der Waals surface area contributed by atoms with Gasteiger partial charge >= 0.3 is 0 Å². The largest absolute Gasteiger partial charge is 0.492 e. The van der Waals surface area contributed by atoms with Crippen LogP contribution in [0.3, 0.4) is 0 Å². The number of ether oxygens (including phenoxy) is 1. The minimum Gasteiger partial charge on any atom is -0.492 e. The molecule has 0 spiro atoms. The fourth-order valence-electron chi connectivity index (χ4n) is 1.10. The molecule has 0 aliphatic carbocycles. The Morgan fingerprint density at radius 2 is 2.41 bits per heavy atom. The van der Waals surface area contributed by atoms with Crippen molar-refractivity contribution >= 4 is 35.1 Å². The topological polar surface area (TPSA) is 59.6 Å². The number of hydrazone groups is 1. The predicted molar refractivity (Wildman–Crippen MR) is 74.8 cm³/mol. The fourth-order valence-corrected chi connectivity index (χ4v) is 1.39. The summed E-state index contributed by atoms with van der Waals surface area (Å²) in [7, 11) is 0. The Morgan fingerprint density at radius 1 is 1.65 bits per heavy atom. The molecule has 3 N–H and O–H groups in total. The van der Waals surface area contributed by atoms with Crippen LogP contribution in [0.2, 0.25) is 5.02 Å². The minimum absolute atomic E-state index is 0.121. The molecule has 0 fully saturated rings. The molecule has 0 aromatic heterocycles. The lowest BCUT2D eigenvalue weighted by molar-refractivity contribution is 0.317. The van der Waals surface area contributed by atoms with Gasteiger partial charge in [-0.15, -0.1) is 0 Å². The highest BCUT2D eigenvalue weighted by atomic mass is 35.5. The maximum Gasteiger partial charge on any atom is 0.184 e. The third kappa shape index (κ3) is 5.01. The molecule has 1 aromatic rings. The van der Waals surface area contributed by atoms with Crippen molar-refractivity contribution < 1.29 is 4.74 Å². The SMILES string of the molecule is CCCOc1ccc(C=NNC(N)=S)cc1Cl. The van der Waals surface area contributed by atoms with E-state index in [0.717, 1.165) is 12.0 Å². The zero-order valence-electron chi connectivity index (χ0n) is 9.44. The van der Waals surface area contributed by atoms with E-state index in [-0.39, 0.29) is 5.11 Å². The first kappa shape index (κ1) is 13.7. The first-order chi connectivity index (χ1) is 8.13. The van der Waals surface area contributed by atoms with Crippen LogP contribution in [-0.2, 0) is 0 Å². The van der Waals surface area contributed by atoms with Crippen LogP contribution >= 0.6 is 23.8 Å². The van der Waals surface area contributed by atoms with Gasteiger partial charge in [0.05, 0.1) is 17.8 Å². The molecule has 0 unspecified atom stereocenters. The van der Waals surface area contributed by atoms with E-state index in [1.54, 1.807) is 18.3 Å². The maximum atomic E-state index is 6.05. The highest BCUT2D eigenvalue weighted by Crippen LogP contribution is 2.24. The zero-order chi connectivity index (χ0) is 12.7. The van der Waals surface area contributed by atoms with Crippen LogP contribution in [0.25, 0.3) is 0 Å². The van der Waals surface area contributed by atoms with Crippen LogP contribution in [0.15, 0.2) is 23.3 Å². The molecule has 0 atom stereocenters. The molecule has 0 saturated heterocycles. The molecule has 0 radical (unpaired) electrons. The molecule has 0 heterocycles. The van der Waals surface area contributed by atoms with Gasteiger partial charge in [0.2, 0.25) is 0 Å². The summed E-state index contributed by atoms with van der Waals surface area (Å²) in [5.41, 5.74) is 8.53. The Bertz CT molecular complexity index is 423. The van der Waals surface area contributed by atoms with Crippen molar-refractivity contribution in [1.29, 1.82) is 0 Å². The van der Waals surface area contributed by atoms with Crippen molar-refractivity contribution in [3.8, 4) is 5.75 Å². The fraction of sp³-hybridized carbons (Fsp3) is 0.273. The summed E-state index contributed by atoms with van der Waals surface area (Å²) >= 11 is 10.7. The van der Waals surface area contributed by atoms with Gasteiger partial charge in [-0.05, 0) is 42.4 Å². The molecule has 0 amide bonds. The average molecular weight is 272 g/mol. The molecule has 92 valence electrons. The molecule has 0 aliphatic rings. The van der Waals surface area contributed by atoms with Crippen LogP contribution in [0, 0.1) is 0 Å². The predicted octanol–water partition coefficient (Wildman–Crippen LogP) is 2.30. The van der Waals surface area contributed by atoms with Gasteiger partial charge in [-0.2, -0.15) is 5.10 Å². The molecule has 4 nitrogen and oxygen atoms in total. The first-order valence-electron chi connectivity index (χ1n) is 5.14. The minimum atomic E-state index is 0.121. The van der Waals surface area contributed by atoms with Gasteiger partial charge in [-0.25, -0.2) is 0 Å². The number of nitrogens with two attached hydrogens (primary N) is 1. The van der Waals surface area contributed by atoms with Crippen molar-refractivity contribution in [1.82, 2.24) is 5.43 Å². The van der Waals surface area contributed by atoms with E-state index in [4.69, 9.17) is 22.1 Å². The van der Waals surface area contributed by atoms with Crippen LogP contribution in [0.4, 0.5) is 0 Å². The highest BCUT2D eigenvalue weighted by molar-refractivity contribution is 7.80. The van der Waals surface area contributed by atoms with E-state index in [9.17, 15) is 0 Å². The number of hydrogen-bond donors (Lipinski definition) is 2. The molecule has 17 heavy (non-hydrogen) atoms. The van der Waals surface area contributed by atoms with Crippen LogP contribution in [0.5, 0.6) is 5.75 Å². The lowest BCUT2D eigenvalue weighted by Crippen LogP contribution is -2.23.